The summed E-state index contributed by atoms with van der Waals surface area (Å²) in [4.78, 5) is 12.0. The Morgan fingerprint density at radius 3 is 2.72 bits per heavy atom. The molecule has 0 saturated carbocycles. The van der Waals surface area contributed by atoms with Crippen molar-refractivity contribution in [2.75, 3.05) is 13.2 Å². The number of amides is 1. The molecule has 1 amide bonds. The van der Waals surface area contributed by atoms with Crippen LogP contribution < -0.4 is 15.5 Å². The van der Waals surface area contributed by atoms with Gasteiger partial charge < -0.3 is 15.2 Å². The molecule has 0 aromatic heterocycles. The number of carbonyl (C=O) groups excluding carboxylic acids is 1. The van der Waals surface area contributed by atoms with E-state index >= 15 is 0 Å². The zero-order chi connectivity index (χ0) is 13.8. The Kier molecular flexibility index (Phi) is 4.79. The predicted molar refractivity (Wildman–Crippen MR) is 71.6 cm³/mol. The van der Waals surface area contributed by atoms with E-state index in [1.54, 1.807) is 32.0 Å². The summed E-state index contributed by atoms with van der Waals surface area (Å²) >= 11 is 0. The summed E-state index contributed by atoms with van der Waals surface area (Å²) in [5.41, 5.74) is 0.286. The van der Waals surface area contributed by atoms with Crippen molar-refractivity contribution in [1.82, 2.24) is 5.32 Å². The lowest BCUT2D eigenvalue weighted by Crippen LogP contribution is -2.46. The Morgan fingerprint density at radius 1 is 1.50 bits per heavy atom. The van der Waals surface area contributed by atoms with Crippen LogP contribution in [-0.2, 0) is 0 Å². The summed E-state index contributed by atoms with van der Waals surface area (Å²) in [6, 6.07) is 4.86. The van der Waals surface area contributed by atoms with Crippen LogP contribution in [0.5, 0.6) is 5.75 Å². The first-order valence-corrected chi connectivity index (χ1v) is 5.85. The first-order valence-electron chi connectivity index (χ1n) is 5.85. The molecule has 2 N–H and O–H groups in total. The Labute approximate surface area is 109 Å². The van der Waals surface area contributed by atoms with Gasteiger partial charge in [-0.3, -0.25) is 4.79 Å². The number of ether oxygens (including phenoxy) is 1. The molecule has 0 atom stereocenters. The van der Waals surface area contributed by atoms with E-state index in [0.29, 0.717) is 23.4 Å². The Bertz CT molecular complexity index is 432. The fourth-order valence-corrected chi connectivity index (χ4v) is 1.38. The molecule has 0 fully saturated rings. The molecule has 5 heteroatoms. The SMILES string of the molecule is [B]c1ccc(C(=O)NC(C)(C)CO)cc1OCC. The van der Waals surface area contributed by atoms with Crippen LogP contribution in [0, 0.1) is 0 Å². The van der Waals surface area contributed by atoms with Crippen molar-refractivity contribution < 1.29 is 14.6 Å². The lowest BCUT2D eigenvalue weighted by atomic mass is 9.93. The number of aliphatic hydroxyl groups excluding tert-OH is 1. The molecule has 0 aliphatic heterocycles. The van der Waals surface area contributed by atoms with E-state index < -0.39 is 5.54 Å². The summed E-state index contributed by atoms with van der Waals surface area (Å²) < 4.78 is 5.33. The Hall–Kier alpha value is -1.49. The summed E-state index contributed by atoms with van der Waals surface area (Å²) in [7, 11) is 5.73. The van der Waals surface area contributed by atoms with Gasteiger partial charge in [0.05, 0.1) is 18.8 Å². The molecular formula is C13H18BNO3. The zero-order valence-corrected chi connectivity index (χ0v) is 11.0. The molecule has 1 aromatic carbocycles. The highest BCUT2D eigenvalue weighted by Gasteiger charge is 2.20. The quantitative estimate of drug-likeness (QED) is 0.739. The van der Waals surface area contributed by atoms with Gasteiger partial charge in [0.1, 0.15) is 13.6 Å². The number of hydrogen-bond donors (Lipinski definition) is 2. The molecule has 0 unspecified atom stereocenters. The summed E-state index contributed by atoms with van der Waals surface area (Å²) in [6.45, 7) is 5.68. The fourth-order valence-electron chi connectivity index (χ4n) is 1.38. The number of nitrogens with one attached hydrogen (secondary N) is 1. The standard InChI is InChI=1S/C13H18BNO3/c1-4-18-11-7-9(5-6-10(11)14)12(17)15-13(2,3)8-16/h5-7,16H,4,8H2,1-3H3,(H,15,17). The second-order valence-corrected chi connectivity index (χ2v) is 4.68. The lowest BCUT2D eigenvalue weighted by molar-refractivity contribution is 0.0869. The van der Waals surface area contributed by atoms with Gasteiger partial charge in [0.2, 0.25) is 0 Å². The van der Waals surface area contributed by atoms with E-state index in [-0.39, 0.29) is 12.5 Å². The minimum absolute atomic E-state index is 0.133. The van der Waals surface area contributed by atoms with E-state index in [1.165, 1.54) is 0 Å². The average Bonchev–Trinajstić information content (AvgIpc) is 2.31. The number of carbonyl (C=O) groups is 1. The lowest BCUT2D eigenvalue weighted by Gasteiger charge is -2.23. The number of aliphatic hydroxyl groups is 1. The minimum atomic E-state index is -0.662. The van der Waals surface area contributed by atoms with Gasteiger partial charge in [0.25, 0.3) is 5.91 Å². The van der Waals surface area contributed by atoms with Crippen LogP contribution in [0.2, 0.25) is 0 Å². The number of hydrogen-bond acceptors (Lipinski definition) is 3. The van der Waals surface area contributed by atoms with Crippen molar-refractivity contribution in [2.45, 2.75) is 26.3 Å². The van der Waals surface area contributed by atoms with E-state index in [1.807, 2.05) is 6.92 Å². The number of rotatable bonds is 5. The third-order valence-electron chi connectivity index (χ3n) is 2.42. The normalized spacial score (nSPS) is 11.1. The van der Waals surface area contributed by atoms with Gasteiger partial charge in [-0.05, 0) is 32.9 Å². The average molecular weight is 247 g/mol. The maximum atomic E-state index is 12.0. The van der Waals surface area contributed by atoms with E-state index in [0.717, 1.165) is 0 Å². The predicted octanol–water partition coefficient (Wildman–Crippen LogP) is 0.380. The first kappa shape index (κ1) is 14.6. The van der Waals surface area contributed by atoms with Crippen molar-refractivity contribution in [3.8, 4) is 5.75 Å². The van der Waals surface area contributed by atoms with Gasteiger partial charge in [-0.15, -0.1) is 0 Å². The topological polar surface area (TPSA) is 58.6 Å². The van der Waals surface area contributed by atoms with Gasteiger partial charge in [0, 0.05) is 5.56 Å². The van der Waals surface area contributed by atoms with Crippen molar-refractivity contribution in [1.29, 1.82) is 0 Å². The molecule has 4 nitrogen and oxygen atoms in total. The van der Waals surface area contributed by atoms with Gasteiger partial charge in [-0.25, -0.2) is 0 Å². The summed E-state index contributed by atoms with van der Waals surface area (Å²) in [5.74, 6) is 0.224. The molecule has 0 aliphatic rings. The summed E-state index contributed by atoms with van der Waals surface area (Å²) in [6.07, 6.45) is 0. The van der Waals surface area contributed by atoms with E-state index in [9.17, 15) is 4.79 Å². The molecule has 0 saturated heterocycles. The van der Waals surface area contributed by atoms with Crippen LogP contribution in [0.4, 0.5) is 0 Å². The van der Waals surface area contributed by atoms with Crippen LogP contribution in [0.1, 0.15) is 31.1 Å². The Morgan fingerprint density at radius 2 is 2.17 bits per heavy atom. The molecule has 0 bridgehead atoms. The second-order valence-electron chi connectivity index (χ2n) is 4.68. The van der Waals surface area contributed by atoms with E-state index in [2.05, 4.69) is 5.32 Å². The van der Waals surface area contributed by atoms with Crippen molar-refractivity contribution in [3.05, 3.63) is 23.8 Å². The maximum Gasteiger partial charge on any atom is 0.251 e. The molecule has 1 rings (SSSR count). The first-order chi connectivity index (χ1) is 8.39. The molecule has 18 heavy (non-hydrogen) atoms. The van der Waals surface area contributed by atoms with Crippen LogP contribution >= 0.6 is 0 Å². The molecule has 2 radical (unpaired) electrons. The van der Waals surface area contributed by atoms with E-state index in [4.69, 9.17) is 17.7 Å². The van der Waals surface area contributed by atoms with Gasteiger partial charge in [-0.1, -0.05) is 11.5 Å². The third kappa shape index (κ3) is 3.77. The molecule has 0 aliphatic carbocycles. The largest absolute Gasteiger partial charge is 0.494 e. The molecule has 96 valence electrons. The third-order valence-corrected chi connectivity index (χ3v) is 2.42. The molecule has 0 heterocycles. The van der Waals surface area contributed by atoms with Gasteiger partial charge in [-0.2, -0.15) is 0 Å². The van der Waals surface area contributed by atoms with Crippen LogP contribution in [0.3, 0.4) is 0 Å². The van der Waals surface area contributed by atoms with Crippen LogP contribution in [0.15, 0.2) is 18.2 Å². The zero-order valence-electron chi connectivity index (χ0n) is 11.0. The summed E-state index contributed by atoms with van der Waals surface area (Å²) in [5, 5.41) is 11.8. The highest BCUT2D eigenvalue weighted by molar-refractivity contribution is 6.34. The molecular weight excluding hydrogens is 229 g/mol. The van der Waals surface area contributed by atoms with Crippen LogP contribution in [-0.4, -0.2) is 37.6 Å². The Balaban J connectivity index is 2.90. The van der Waals surface area contributed by atoms with Crippen molar-refractivity contribution >= 4 is 19.2 Å². The minimum Gasteiger partial charge on any atom is -0.494 e. The fraction of sp³-hybridized carbons (Fsp3) is 0.462. The molecule has 1 aromatic rings. The highest BCUT2D eigenvalue weighted by atomic mass is 16.5. The van der Waals surface area contributed by atoms with Crippen molar-refractivity contribution in [3.63, 3.8) is 0 Å². The monoisotopic (exact) mass is 247 g/mol. The molecule has 0 spiro atoms. The number of benzene rings is 1. The van der Waals surface area contributed by atoms with Crippen molar-refractivity contribution in [2.24, 2.45) is 0 Å². The highest BCUT2D eigenvalue weighted by Crippen LogP contribution is 2.11. The van der Waals surface area contributed by atoms with Crippen LogP contribution in [0.25, 0.3) is 0 Å². The smallest absolute Gasteiger partial charge is 0.251 e. The second kappa shape index (κ2) is 5.91. The maximum absolute atomic E-state index is 12.0. The van der Waals surface area contributed by atoms with Gasteiger partial charge in [0.15, 0.2) is 0 Å². The van der Waals surface area contributed by atoms with Gasteiger partial charge >= 0.3 is 0 Å².